The Balaban J connectivity index is 2.18. The molecule has 0 aromatic heterocycles. The molecule has 1 amide bonds. The fraction of sp³-hybridized carbons (Fsp3) is 0.588. The molecule has 134 valence electrons. The van der Waals surface area contributed by atoms with Gasteiger partial charge in [-0.05, 0) is 43.5 Å². The number of hydrogen-bond donors (Lipinski definition) is 0. The van der Waals surface area contributed by atoms with Crippen molar-refractivity contribution in [2.45, 2.75) is 38.5 Å². The highest BCUT2D eigenvalue weighted by Crippen LogP contribution is 2.28. The number of sulfonamides is 1. The van der Waals surface area contributed by atoms with E-state index < -0.39 is 10.0 Å². The number of nitrogens with zero attached hydrogens (tertiary/aromatic N) is 2. The first-order valence-electron chi connectivity index (χ1n) is 8.24. The lowest BCUT2D eigenvalue weighted by atomic mass is 10.1. The first-order valence-corrected chi connectivity index (χ1v) is 9.68. The van der Waals surface area contributed by atoms with E-state index in [9.17, 15) is 13.2 Å². The normalized spacial score (nSPS) is 16.2. The minimum atomic E-state index is -3.56. The van der Waals surface area contributed by atoms with Gasteiger partial charge in [-0.25, -0.2) is 8.42 Å². The lowest BCUT2D eigenvalue weighted by Gasteiger charge is -2.34. The lowest BCUT2D eigenvalue weighted by molar-refractivity contribution is -0.132. The summed E-state index contributed by atoms with van der Waals surface area (Å²) in [6, 6.07) is 3.42. The zero-order valence-corrected chi connectivity index (χ0v) is 15.6. The average molecular weight is 354 g/mol. The maximum atomic E-state index is 12.9. The van der Waals surface area contributed by atoms with Crippen LogP contribution in [0.5, 0.6) is 5.75 Å². The fourth-order valence-corrected chi connectivity index (χ4v) is 4.66. The predicted octanol–water partition coefficient (Wildman–Crippen LogP) is 1.95. The number of benzene rings is 1. The first kappa shape index (κ1) is 18.7. The summed E-state index contributed by atoms with van der Waals surface area (Å²) in [5.41, 5.74) is 1.46. The number of ether oxygens (including phenoxy) is 1. The Kier molecular flexibility index (Phi) is 5.87. The topological polar surface area (TPSA) is 66.9 Å². The lowest BCUT2D eigenvalue weighted by Crippen LogP contribution is -2.50. The van der Waals surface area contributed by atoms with Gasteiger partial charge >= 0.3 is 0 Å². The molecule has 0 saturated carbocycles. The highest BCUT2D eigenvalue weighted by molar-refractivity contribution is 7.89. The minimum Gasteiger partial charge on any atom is -0.496 e. The molecule has 2 rings (SSSR count). The van der Waals surface area contributed by atoms with Crippen LogP contribution in [0.2, 0.25) is 0 Å². The second-order valence-electron chi connectivity index (χ2n) is 6.12. The van der Waals surface area contributed by atoms with Gasteiger partial charge in [0, 0.05) is 32.6 Å². The number of aryl methyl sites for hydroxylation is 2. The summed E-state index contributed by atoms with van der Waals surface area (Å²) in [5, 5.41) is 0. The number of piperazine rings is 1. The minimum absolute atomic E-state index is 0.103. The molecule has 6 nitrogen and oxygen atoms in total. The maximum absolute atomic E-state index is 12.9. The molecule has 1 aliphatic rings. The van der Waals surface area contributed by atoms with Crippen molar-refractivity contribution in [2.75, 3.05) is 33.3 Å². The first-order chi connectivity index (χ1) is 11.3. The van der Waals surface area contributed by atoms with E-state index in [2.05, 4.69) is 0 Å². The van der Waals surface area contributed by atoms with E-state index in [1.54, 1.807) is 31.1 Å². The van der Waals surface area contributed by atoms with Crippen molar-refractivity contribution in [3.63, 3.8) is 0 Å². The summed E-state index contributed by atoms with van der Waals surface area (Å²) in [6.45, 7) is 7.14. The Labute approximate surface area is 144 Å². The summed E-state index contributed by atoms with van der Waals surface area (Å²) < 4.78 is 32.6. The highest BCUT2D eigenvalue weighted by atomic mass is 32.2. The number of carbonyl (C=O) groups is 1. The SMILES string of the molecule is CCCC(=O)N1CCN(S(=O)(=O)c2cc(C)c(OC)cc2C)CC1. The Hall–Kier alpha value is -1.60. The third-order valence-electron chi connectivity index (χ3n) is 4.37. The molecule has 0 N–H and O–H groups in total. The van der Waals surface area contributed by atoms with E-state index in [0.29, 0.717) is 48.8 Å². The molecule has 0 atom stereocenters. The van der Waals surface area contributed by atoms with E-state index in [-0.39, 0.29) is 5.91 Å². The van der Waals surface area contributed by atoms with Crippen molar-refractivity contribution in [3.05, 3.63) is 23.3 Å². The van der Waals surface area contributed by atoms with Crippen molar-refractivity contribution < 1.29 is 17.9 Å². The molecule has 1 saturated heterocycles. The molecule has 24 heavy (non-hydrogen) atoms. The molecular weight excluding hydrogens is 328 g/mol. The molecule has 0 unspecified atom stereocenters. The predicted molar refractivity (Wildman–Crippen MR) is 92.7 cm³/mol. The maximum Gasteiger partial charge on any atom is 0.243 e. The van der Waals surface area contributed by atoms with Crippen LogP contribution in [0.4, 0.5) is 0 Å². The second-order valence-corrected chi connectivity index (χ2v) is 8.03. The summed E-state index contributed by atoms with van der Waals surface area (Å²) in [6.07, 6.45) is 1.32. The summed E-state index contributed by atoms with van der Waals surface area (Å²) in [5.74, 6) is 0.785. The van der Waals surface area contributed by atoms with E-state index in [0.717, 1.165) is 12.0 Å². The van der Waals surface area contributed by atoms with Crippen LogP contribution in [0.25, 0.3) is 0 Å². The van der Waals surface area contributed by atoms with Crippen LogP contribution in [-0.2, 0) is 14.8 Å². The van der Waals surface area contributed by atoms with Crippen LogP contribution >= 0.6 is 0 Å². The number of rotatable bonds is 5. The number of carbonyl (C=O) groups excluding carboxylic acids is 1. The highest BCUT2D eigenvalue weighted by Gasteiger charge is 2.31. The summed E-state index contributed by atoms with van der Waals surface area (Å²) in [7, 11) is -1.99. The number of methoxy groups -OCH3 is 1. The summed E-state index contributed by atoms with van der Waals surface area (Å²) in [4.78, 5) is 14.0. The molecule has 1 aromatic carbocycles. The van der Waals surface area contributed by atoms with Crippen LogP contribution in [0, 0.1) is 13.8 Å². The van der Waals surface area contributed by atoms with E-state index in [1.807, 2.05) is 13.8 Å². The van der Waals surface area contributed by atoms with Crippen molar-refractivity contribution in [1.29, 1.82) is 0 Å². The van der Waals surface area contributed by atoms with Crippen LogP contribution < -0.4 is 4.74 Å². The van der Waals surface area contributed by atoms with Crippen molar-refractivity contribution in [3.8, 4) is 5.75 Å². The van der Waals surface area contributed by atoms with Crippen molar-refractivity contribution in [1.82, 2.24) is 9.21 Å². The van der Waals surface area contributed by atoms with E-state index in [4.69, 9.17) is 4.74 Å². The van der Waals surface area contributed by atoms with Crippen LogP contribution in [0.3, 0.4) is 0 Å². The summed E-state index contributed by atoms with van der Waals surface area (Å²) >= 11 is 0. The van der Waals surface area contributed by atoms with E-state index in [1.165, 1.54) is 4.31 Å². The second kappa shape index (κ2) is 7.53. The van der Waals surface area contributed by atoms with Gasteiger partial charge in [-0.15, -0.1) is 0 Å². The molecular formula is C17H26N2O4S. The molecule has 0 radical (unpaired) electrons. The van der Waals surface area contributed by atoms with Gasteiger partial charge in [-0.3, -0.25) is 4.79 Å². The number of amides is 1. The molecule has 0 spiro atoms. The van der Waals surface area contributed by atoms with Gasteiger partial charge < -0.3 is 9.64 Å². The van der Waals surface area contributed by atoms with Crippen LogP contribution in [-0.4, -0.2) is 56.8 Å². The van der Waals surface area contributed by atoms with E-state index >= 15 is 0 Å². The average Bonchev–Trinajstić information content (AvgIpc) is 2.56. The quantitative estimate of drug-likeness (QED) is 0.810. The molecule has 1 heterocycles. The molecule has 0 aliphatic carbocycles. The van der Waals surface area contributed by atoms with Crippen LogP contribution in [0.15, 0.2) is 17.0 Å². The number of hydrogen-bond acceptors (Lipinski definition) is 4. The monoisotopic (exact) mass is 354 g/mol. The Morgan fingerprint density at radius 2 is 1.75 bits per heavy atom. The zero-order chi connectivity index (χ0) is 17.9. The molecule has 0 bridgehead atoms. The fourth-order valence-electron chi connectivity index (χ4n) is 2.95. The van der Waals surface area contributed by atoms with Gasteiger partial charge in [0.1, 0.15) is 5.75 Å². The smallest absolute Gasteiger partial charge is 0.243 e. The Morgan fingerprint density at radius 1 is 1.12 bits per heavy atom. The largest absolute Gasteiger partial charge is 0.496 e. The van der Waals surface area contributed by atoms with Gasteiger partial charge in [-0.1, -0.05) is 6.92 Å². The van der Waals surface area contributed by atoms with Crippen molar-refractivity contribution >= 4 is 15.9 Å². The Bertz CT molecular complexity index is 708. The Morgan fingerprint density at radius 3 is 2.29 bits per heavy atom. The molecule has 1 aromatic rings. The molecule has 1 aliphatic heterocycles. The van der Waals surface area contributed by atoms with Gasteiger partial charge in [-0.2, -0.15) is 4.31 Å². The molecule has 1 fully saturated rings. The zero-order valence-electron chi connectivity index (χ0n) is 14.8. The van der Waals surface area contributed by atoms with Crippen molar-refractivity contribution in [2.24, 2.45) is 0 Å². The third-order valence-corrected chi connectivity index (χ3v) is 6.41. The van der Waals surface area contributed by atoms with Gasteiger partial charge in [0.15, 0.2) is 0 Å². The van der Waals surface area contributed by atoms with Gasteiger partial charge in [0.2, 0.25) is 15.9 Å². The van der Waals surface area contributed by atoms with Gasteiger partial charge in [0.25, 0.3) is 0 Å². The standard InChI is InChI=1S/C17H26N2O4S/c1-5-6-17(20)18-7-9-19(10-8-18)24(21,22)16-12-13(2)15(23-4)11-14(16)3/h11-12H,5-10H2,1-4H3. The van der Waals surface area contributed by atoms with Crippen LogP contribution in [0.1, 0.15) is 30.9 Å². The third kappa shape index (κ3) is 3.72. The van der Waals surface area contributed by atoms with Gasteiger partial charge in [0.05, 0.1) is 12.0 Å². The molecule has 7 heteroatoms.